The van der Waals surface area contributed by atoms with E-state index in [1.165, 1.54) is 6.21 Å². The van der Waals surface area contributed by atoms with Gasteiger partial charge in [-0.15, -0.1) is 0 Å². The van der Waals surface area contributed by atoms with Crippen molar-refractivity contribution >= 4 is 34.5 Å². The second-order valence-electron chi connectivity index (χ2n) is 3.82. The maximum Gasteiger partial charge on any atom is 0.236 e. The molecule has 1 fully saturated rings. The zero-order valence-corrected chi connectivity index (χ0v) is 10.8. The predicted octanol–water partition coefficient (Wildman–Crippen LogP) is -0.377. The largest absolute Gasteiger partial charge is 0.394 e. The number of hydrogen-bond acceptors (Lipinski definition) is 8. The smallest absolute Gasteiger partial charge is 0.236 e. The SMILES string of the molecule is OCC1OCC(/C=N\c2nc(Cl)ns2)[C@@H](O)[C@H]1O. The molecule has 2 unspecified atom stereocenters. The van der Waals surface area contributed by atoms with Gasteiger partial charge in [0.2, 0.25) is 10.4 Å². The highest BCUT2D eigenvalue weighted by atomic mass is 35.5. The normalized spacial score (nSPS) is 33.1. The minimum atomic E-state index is -1.14. The molecule has 18 heavy (non-hydrogen) atoms. The van der Waals surface area contributed by atoms with Gasteiger partial charge in [0.15, 0.2) is 0 Å². The van der Waals surface area contributed by atoms with Crippen molar-refractivity contribution in [2.24, 2.45) is 10.9 Å². The van der Waals surface area contributed by atoms with Gasteiger partial charge in [0.25, 0.3) is 0 Å². The molecular weight excluding hydrogens is 282 g/mol. The summed E-state index contributed by atoms with van der Waals surface area (Å²) in [4.78, 5) is 7.83. The number of halogens is 1. The third kappa shape index (κ3) is 3.02. The molecule has 1 aromatic rings. The fraction of sp³-hybridized carbons (Fsp3) is 0.667. The van der Waals surface area contributed by atoms with E-state index in [9.17, 15) is 10.2 Å². The molecule has 0 saturated carbocycles. The van der Waals surface area contributed by atoms with E-state index in [1.54, 1.807) is 0 Å². The van der Waals surface area contributed by atoms with Gasteiger partial charge >= 0.3 is 0 Å². The van der Waals surface area contributed by atoms with Crippen LogP contribution in [0.25, 0.3) is 0 Å². The molecule has 0 amide bonds. The number of nitrogens with zero attached hydrogens (tertiary/aromatic N) is 3. The monoisotopic (exact) mass is 293 g/mol. The highest BCUT2D eigenvalue weighted by Crippen LogP contribution is 2.22. The zero-order valence-electron chi connectivity index (χ0n) is 9.18. The van der Waals surface area contributed by atoms with Crippen LogP contribution in [0.4, 0.5) is 5.13 Å². The summed E-state index contributed by atoms with van der Waals surface area (Å²) in [7, 11) is 0. The molecule has 100 valence electrons. The average Bonchev–Trinajstić information content (AvgIpc) is 2.77. The molecule has 1 saturated heterocycles. The molecule has 7 nitrogen and oxygen atoms in total. The fourth-order valence-corrected chi connectivity index (χ4v) is 2.27. The van der Waals surface area contributed by atoms with Gasteiger partial charge in [0, 0.05) is 23.7 Å². The van der Waals surface area contributed by atoms with E-state index in [1.807, 2.05) is 0 Å². The number of ether oxygens (including phenoxy) is 1. The Kier molecular flexibility index (Phi) is 4.60. The van der Waals surface area contributed by atoms with Gasteiger partial charge in [0.1, 0.15) is 12.2 Å². The number of aliphatic hydroxyl groups is 3. The number of aliphatic hydroxyl groups excluding tert-OH is 3. The van der Waals surface area contributed by atoms with E-state index in [0.717, 1.165) is 11.5 Å². The summed E-state index contributed by atoms with van der Waals surface area (Å²) < 4.78 is 8.95. The second-order valence-corrected chi connectivity index (χ2v) is 4.89. The van der Waals surface area contributed by atoms with Crippen molar-refractivity contribution in [1.29, 1.82) is 0 Å². The first-order chi connectivity index (χ1) is 8.61. The lowest BCUT2D eigenvalue weighted by molar-refractivity contribution is -0.160. The Bertz CT molecular complexity index is 430. The molecule has 9 heteroatoms. The fourth-order valence-electron chi connectivity index (χ4n) is 1.61. The summed E-state index contributed by atoms with van der Waals surface area (Å²) in [5, 5.41) is 28.9. The van der Waals surface area contributed by atoms with Crippen LogP contribution in [0.15, 0.2) is 4.99 Å². The van der Waals surface area contributed by atoms with Gasteiger partial charge in [-0.2, -0.15) is 9.36 Å². The number of aliphatic imine (C=N–C) groups is 1. The molecule has 1 aliphatic heterocycles. The lowest BCUT2D eigenvalue weighted by Gasteiger charge is -2.35. The molecule has 2 rings (SSSR count). The van der Waals surface area contributed by atoms with E-state index >= 15 is 0 Å². The Morgan fingerprint density at radius 2 is 2.28 bits per heavy atom. The zero-order chi connectivity index (χ0) is 13.1. The van der Waals surface area contributed by atoms with Crippen LogP contribution in [0.5, 0.6) is 0 Å². The van der Waals surface area contributed by atoms with Crippen LogP contribution in [-0.2, 0) is 4.74 Å². The Morgan fingerprint density at radius 1 is 1.50 bits per heavy atom. The summed E-state index contributed by atoms with van der Waals surface area (Å²) in [6, 6.07) is 0. The quantitative estimate of drug-likeness (QED) is 0.656. The van der Waals surface area contributed by atoms with Crippen molar-refractivity contribution < 1.29 is 20.1 Å². The van der Waals surface area contributed by atoms with Crippen molar-refractivity contribution in [3.8, 4) is 0 Å². The Morgan fingerprint density at radius 3 is 2.89 bits per heavy atom. The first-order valence-electron chi connectivity index (χ1n) is 5.24. The van der Waals surface area contributed by atoms with Crippen LogP contribution in [0, 0.1) is 5.92 Å². The Balaban J connectivity index is 2.00. The van der Waals surface area contributed by atoms with Crippen molar-refractivity contribution in [2.45, 2.75) is 18.3 Å². The van der Waals surface area contributed by atoms with E-state index < -0.39 is 24.2 Å². The first kappa shape index (κ1) is 13.8. The van der Waals surface area contributed by atoms with Crippen molar-refractivity contribution in [2.75, 3.05) is 13.2 Å². The van der Waals surface area contributed by atoms with E-state index in [0.29, 0.717) is 5.13 Å². The third-order valence-electron chi connectivity index (χ3n) is 2.62. The minimum Gasteiger partial charge on any atom is -0.394 e. The van der Waals surface area contributed by atoms with Crippen molar-refractivity contribution in [3.63, 3.8) is 0 Å². The second kappa shape index (κ2) is 6.00. The van der Waals surface area contributed by atoms with Gasteiger partial charge in [-0.05, 0) is 11.6 Å². The molecule has 1 aromatic heterocycles. The highest BCUT2D eigenvalue weighted by Gasteiger charge is 2.37. The predicted molar refractivity (Wildman–Crippen MR) is 65.4 cm³/mol. The Hall–Kier alpha value is -0.640. The molecule has 2 heterocycles. The molecule has 4 atom stereocenters. The topological polar surface area (TPSA) is 108 Å². The third-order valence-corrected chi connectivity index (χ3v) is 3.51. The van der Waals surface area contributed by atoms with Crippen LogP contribution in [0.1, 0.15) is 0 Å². The van der Waals surface area contributed by atoms with E-state index in [2.05, 4.69) is 14.3 Å². The Labute approximate surface area is 112 Å². The van der Waals surface area contributed by atoms with Crippen LogP contribution in [0.3, 0.4) is 0 Å². The lowest BCUT2D eigenvalue weighted by atomic mass is 9.93. The van der Waals surface area contributed by atoms with Crippen molar-refractivity contribution in [3.05, 3.63) is 5.28 Å². The summed E-state index contributed by atoms with van der Waals surface area (Å²) >= 11 is 6.57. The molecule has 0 aromatic carbocycles. The molecule has 0 aliphatic carbocycles. The number of hydrogen-bond donors (Lipinski definition) is 3. The number of rotatable bonds is 3. The van der Waals surface area contributed by atoms with Crippen molar-refractivity contribution in [1.82, 2.24) is 9.36 Å². The first-order valence-corrected chi connectivity index (χ1v) is 6.39. The summed E-state index contributed by atoms with van der Waals surface area (Å²) in [6.45, 7) is -0.173. The van der Waals surface area contributed by atoms with E-state index in [-0.39, 0.29) is 18.5 Å². The maximum absolute atomic E-state index is 9.83. The molecular formula is C9H12ClN3O4S. The summed E-state index contributed by atoms with van der Waals surface area (Å²) in [6.07, 6.45) is -1.50. The average molecular weight is 294 g/mol. The molecule has 0 bridgehead atoms. The van der Waals surface area contributed by atoms with E-state index in [4.69, 9.17) is 21.4 Å². The number of aromatic nitrogens is 2. The lowest BCUT2D eigenvalue weighted by Crippen LogP contribution is -2.51. The standard InChI is InChI=1S/C9H12ClN3O4S/c10-8-12-9(18-13-8)11-1-4-3-17-5(2-14)7(16)6(4)15/h1,4-7,14-16H,2-3H2/b11-1-/t4?,5?,6-,7+/m1/s1. The molecule has 1 aliphatic rings. The molecule has 0 radical (unpaired) electrons. The van der Waals surface area contributed by atoms with Gasteiger partial charge in [-0.3, -0.25) is 0 Å². The summed E-state index contributed by atoms with van der Waals surface area (Å²) in [5.41, 5.74) is 0. The molecule has 0 spiro atoms. The van der Waals surface area contributed by atoms with Crippen LogP contribution in [0.2, 0.25) is 5.28 Å². The van der Waals surface area contributed by atoms with Gasteiger partial charge < -0.3 is 20.1 Å². The van der Waals surface area contributed by atoms with Gasteiger partial charge in [0.05, 0.1) is 19.3 Å². The van der Waals surface area contributed by atoms with Gasteiger partial charge in [-0.1, -0.05) is 0 Å². The highest BCUT2D eigenvalue weighted by molar-refractivity contribution is 7.09. The maximum atomic E-state index is 9.83. The van der Waals surface area contributed by atoms with Crippen LogP contribution in [-0.4, -0.2) is 62.4 Å². The van der Waals surface area contributed by atoms with Crippen LogP contribution < -0.4 is 0 Å². The summed E-state index contributed by atoms with van der Waals surface area (Å²) in [5.74, 6) is -0.467. The molecule has 3 N–H and O–H groups in total. The minimum absolute atomic E-state index is 0.118. The van der Waals surface area contributed by atoms with Gasteiger partial charge in [-0.25, -0.2) is 4.99 Å². The van der Waals surface area contributed by atoms with Crippen LogP contribution >= 0.6 is 23.1 Å².